The highest BCUT2D eigenvalue weighted by molar-refractivity contribution is 7.47. The zero-order valence-corrected chi connectivity index (χ0v) is 27.7. The van der Waals surface area contributed by atoms with E-state index < -0.39 is 31.5 Å². The molecular weight excluding hydrogens is 587 g/mol. The Labute approximate surface area is 261 Å². The molecule has 1 rings (SSSR count). The predicted octanol–water partition coefficient (Wildman–Crippen LogP) is 3.53. The van der Waals surface area contributed by atoms with Crippen molar-refractivity contribution in [2.24, 2.45) is 5.41 Å². The molecule has 0 aromatic carbocycles. The number of hydrogen-bond donors (Lipinski definition) is 5. The van der Waals surface area contributed by atoms with Crippen molar-refractivity contribution >= 4 is 31.5 Å². The van der Waals surface area contributed by atoms with Gasteiger partial charge >= 0.3 is 7.82 Å². The maximum Gasteiger partial charge on any atom is 0.472 e. The molecule has 0 saturated carbocycles. The first-order valence-electron chi connectivity index (χ1n) is 14.8. The second-order valence-electron chi connectivity index (χ2n) is 11.2. The number of rotatable bonds is 18. The molecule has 44 heavy (non-hydrogen) atoms. The van der Waals surface area contributed by atoms with Crippen LogP contribution in [0.5, 0.6) is 0 Å². The van der Waals surface area contributed by atoms with Gasteiger partial charge in [-0.1, -0.05) is 62.3 Å². The van der Waals surface area contributed by atoms with Crippen molar-refractivity contribution in [2.75, 3.05) is 39.4 Å². The topological polar surface area (TPSA) is 172 Å². The standard InChI is InChI=1S/C31H49N4O8P/c1-7-17-42-44(40,41)43-18-16-32-28(37)20-34-30(39)22-35-29(38)21-33-27(36)19-24(3)11-8-10-23(2)13-14-26-25(4)12-9-15-31(26,5)6/h8,10-11,13-14,19H,7,9,12,15-18,20-22H2,1-6H3,(H,32,37)(H,33,36)(H,34,39)(H,35,38)(H,40,41)/b11-8+,14-13+,23-10+,24-19+. The van der Waals surface area contributed by atoms with Gasteiger partial charge in [0.15, 0.2) is 0 Å². The fourth-order valence-electron chi connectivity index (χ4n) is 4.25. The summed E-state index contributed by atoms with van der Waals surface area (Å²) in [6.07, 6.45) is 15.4. The van der Waals surface area contributed by atoms with E-state index in [1.807, 2.05) is 19.1 Å². The summed E-state index contributed by atoms with van der Waals surface area (Å²) in [6, 6.07) is 0. The minimum atomic E-state index is -4.16. The normalized spacial score (nSPS) is 17.0. The molecule has 0 fully saturated rings. The van der Waals surface area contributed by atoms with Crippen LogP contribution >= 0.6 is 7.82 Å². The molecule has 0 bridgehead atoms. The van der Waals surface area contributed by atoms with Crippen LogP contribution in [0.25, 0.3) is 0 Å². The van der Waals surface area contributed by atoms with Gasteiger partial charge in [-0.2, -0.15) is 0 Å². The Kier molecular flexibility index (Phi) is 17.5. The zero-order valence-electron chi connectivity index (χ0n) is 26.8. The summed E-state index contributed by atoms with van der Waals surface area (Å²) in [5.74, 6) is -2.20. The van der Waals surface area contributed by atoms with E-state index in [4.69, 9.17) is 0 Å². The fraction of sp³-hybridized carbons (Fsp3) is 0.548. The Morgan fingerprint density at radius 3 is 2.11 bits per heavy atom. The van der Waals surface area contributed by atoms with Gasteiger partial charge in [0.2, 0.25) is 23.6 Å². The van der Waals surface area contributed by atoms with Crippen molar-refractivity contribution in [3.05, 3.63) is 58.7 Å². The Bertz CT molecular complexity index is 1220. The van der Waals surface area contributed by atoms with Crippen LogP contribution in [-0.4, -0.2) is 67.9 Å². The first-order valence-corrected chi connectivity index (χ1v) is 16.3. The fourth-order valence-corrected chi connectivity index (χ4v) is 5.06. The molecule has 0 aromatic rings. The summed E-state index contributed by atoms with van der Waals surface area (Å²) >= 11 is 0. The lowest BCUT2D eigenvalue weighted by molar-refractivity contribution is -0.128. The lowest BCUT2D eigenvalue weighted by Crippen LogP contribution is -2.44. The smallest absolute Gasteiger partial charge is 0.352 e. The van der Waals surface area contributed by atoms with Crippen molar-refractivity contribution in [2.45, 2.75) is 67.2 Å². The minimum Gasteiger partial charge on any atom is -0.352 e. The quantitative estimate of drug-likeness (QED) is 0.0658. The molecule has 0 aliphatic heterocycles. The molecule has 13 heteroatoms. The number of carbonyl (C=O) groups is 4. The van der Waals surface area contributed by atoms with E-state index in [1.54, 1.807) is 19.9 Å². The van der Waals surface area contributed by atoms with Crippen LogP contribution in [0.15, 0.2) is 58.7 Å². The van der Waals surface area contributed by atoms with Crippen LogP contribution < -0.4 is 21.3 Å². The van der Waals surface area contributed by atoms with Gasteiger partial charge in [-0.15, -0.1) is 0 Å². The van der Waals surface area contributed by atoms with E-state index in [-0.39, 0.29) is 44.8 Å². The second-order valence-corrected chi connectivity index (χ2v) is 12.6. The van der Waals surface area contributed by atoms with Gasteiger partial charge in [0, 0.05) is 12.6 Å². The molecule has 0 radical (unpaired) electrons. The van der Waals surface area contributed by atoms with Crippen LogP contribution in [0, 0.1) is 5.41 Å². The number of carbonyl (C=O) groups excluding carboxylic acids is 4. The number of phosphoric acid groups is 1. The van der Waals surface area contributed by atoms with Gasteiger partial charge in [-0.3, -0.25) is 28.2 Å². The summed E-state index contributed by atoms with van der Waals surface area (Å²) in [5, 5.41) is 9.53. The lowest BCUT2D eigenvalue weighted by atomic mass is 9.72. The van der Waals surface area contributed by atoms with Crippen LogP contribution in [0.1, 0.15) is 67.2 Å². The highest BCUT2D eigenvalue weighted by Gasteiger charge is 2.26. The third-order valence-corrected chi connectivity index (χ3v) is 7.60. The van der Waals surface area contributed by atoms with Crippen LogP contribution in [0.4, 0.5) is 0 Å². The van der Waals surface area contributed by atoms with Crippen molar-refractivity contribution in [1.29, 1.82) is 0 Å². The Morgan fingerprint density at radius 2 is 1.50 bits per heavy atom. The lowest BCUT2D eigenvalue weighted by Gasteiger charge is -2.32. The highest BCUT2D eigenvalue weighted by Crippen LogP contribution is 2.43. The molecular formula is C31H49N4O8P. The molecule has 246 valence electrons. The zero-order chi connectivity index (χ0) is 33.2. The molecule has 5 N–H and O–H groups in total. The summed E-state index contributed by atoms with van der Waals surface area (Å²) in [5.41, 5.74) is 4.81. The van der Waals surface area contributed by atoms with Crippen molar-refractivity contribution in [3.8, 4) is 0 Å². The number of allylic oxidation sites excluding steroid dienone is 9. The van der Waals surface area contributed by atoms with Crippen LogP contribution in [0.2, 0.25) is 0 Å². The summed E-state index contributed by atoms with van der Waals surface area (Å²) in [7, 11) is -4.16. The van der Waals surface area contributed by atoms with E-state index in [2.05, 4.69) is 63.2 Å². The van der Waals surface area contributed by atoms with Gasteiger partial charge in [0.1, 0.15) is 0 Å². The maximum atomic E-state index is 12.1. The SMILES string of the molecule is CCCOP(=O)(O)OCCNC(=O)CNC(=O)CNC(=O)CNC(=O)/C=C(C)/C=C/C=C(C)/C=C/C1=C(C)CCCC1(C)C. The molecule has 0 spiro atoms. The summed E-state index contributed by atoms with van der Waals surface area (Å²) in [6.45, 7) is 11.0. The molecule has 4 amide bonds. The average Bonchev–Trinajstić information content (AvgIpc) is 2.94. The van der Waals surface area contributed by atoms with Crippen molar-refractivity contribution < 1.29 is 37.7 Å². The van der Waals surface area contributed by atoms with E-state index in [9.17, 15) is 28.6 Å². The first-order chi connectivity index (χ1) is 20.6. The van der Waals surface area contributed by atoms with Gasteiger partial charge < -0.3 is 26.2 Å². The molecule has 1 unspecified atom stereocenters. The van der Waals surface area contributed by atoms with Crippen LogP contribution in [0.3, 0.4) is 0 Å². The molecule has 0 aromatic heterocycles. The third kappa shape index (κ3) is 17.1. The molecule has 12 nitrogen and oxygen atoms in total. The number of nitrogens with one attached hydrogen (secondary N) is 4. The Balaban J connectivity index is 2.32. The summed E-state index contributed by atoms with van der Waals surface area (Å²) in [4.78, 5) is 57.2. The Hall–Kier alpha value is -3.31. The first kappa shape index (κ1) is 38.7. The van der Waals surface area contributed by atoms with E-state index in [0.29, 0.717) is 12.0 Å². The van der Waals surface area contributed by atoms with E-state index in [1.165, 1.54) is 30.1 Å². The highest BCUT2D eigenvalue weighted by atomic mass is 31.2. The van der Waals surface area contributed by atoms with E-state index >= 15 is 0 Å². The van der Waals surface area contributed by atoms with Gasteiger partial charge in [-0.25, -0.2) is 4.57 Å². The molecule has 1 atom stereocenters. The number of amides is 4. The van der Waals surface area contributed by atoms with Crippen LogP contribution in [-0.2, 0) is 32.8 Å². The Morgan fingerprint density at radius 1 is 0.909 bits per heavy atom. The summed E-state index contributed by atoms with van der Waals surface area (Å²) < 4.78 is 20.8. The largest absolute Gasteiger partial charge is 0.472 e. The van der Waals surface area contributed by atoms with Gasteiger partial charge in [0.25, 0.3) is 0 Å². The van der Waals surface area contributed by atoms with Crippen molar-refractivity contribution in [3.63, 3.8) is 0 Å². The number of phosphoric ester groups is 1. The predicted molar refractivity (Wildman–Crippen MR) is 170 cm³/mol. The molecule has 0 saturated heterocycles. The molecule has 0 heterocycles. The number of hydrogen-bond acceptors (Lipinski definition) is 7. The van der Waals surface area contributed by atoms with Gasteiger partial charge in [-0.05, 0) is 63.0 Å². The van der Waals surface area contributed by atoms with Gasteiger partial charge in [0.05, 0.1) is 32.8 Å². The van der Waals surface area contributed by atoms with Crippen molar-refractivity contribution in [1.82, 2.24) is 21.3 Å². The third-order valence-electron chi connectivity index (χ3n) is 6.58. The average molecular weight is 637 g/mol. The maximum absolute atomic E-state index is 12.1. The van der Waals surface area contributed by atoms with E-state index in [0.717, 1.165) is 12.0 Å². The monoisotopic (exact) mass is 636 g/mol. The second kappa shape index (κ2) is 19.9. The minimum absolute atomic E-state index is 0.0669. The molecule has 1 aliphatic carbocycles. The molecule has 1 aliphatic rings.